The second kappa shape index (κ2) is 45.9. The number of esters is 6. The molecule has 16 heteroatoms. The van der Waals surface area contributed by atoms with Gasteiger partial charge in [-0.15, -0.1) is 0 Å². The largest absolute Gasteiger partial charge is 0.465 e. The maximum Gasteiger partial charge on any atom is 0.410 e. The van der Waals surface area contributed by atoms with E-state index in [1.807, 2.05) is 7.05 Å². The van der Waals surface area contributed by atoms with Gasteiger partial charge in [-0.25, -0.2) is 4.79 Å². The first-order valence-electron chi connectivity index (χ1n) is 31.0. The van der Waals surface area contributed by atoms with Crippen molar-refractivity contribution in [1.82, 2.24) is 9.80 Å². The van der Waals surface area contributed by atoms with Crippen molar-refractivity contribution in [1.29, 1.82) is 0 Å². The molecule has 77 heavy (non-hydrogen) atoms. The van der Waals surface area contributed by atoms with Gasteiger partial charge in [-0.1, -0.05) is 156 Å². The number of amides is 1. The molecule has 0 aromatic rings. The number of hydrogen-bond donors (Lipinski definition) is 0. The van der Waals surface area contributed by atoms with Crippen LogP contribution in [0.1, 0.15) is 259 Å². The van der Waals surface area contributed by atoms with Gasteiger partial charge in [0, 0.05) is 44.1 Å². The molecule has 2 aliphatic heterocycles. The summed E-state index contributed by atoms with van der Waals surface area (Å²) in [5.74, 6) is -3.88. The summed E-state index contributed by atoms with van der Waals surface area (Å²) in [6.07, 6.45) is 28.4. The van der Waals surface area contributed by atoms with Crippen molar-refractivity contribution in [3.05, 3.63) is 0 Å². The molecule has 2 saturated heterocycles. The van der Waals surface area contributed by atoms with Crippen LogP contribution in [0.25, 0.3) is 0 Å². The summed E-state index contributed by atoms with van der Waals surface area (Å²) >= 11 is 0. The fraction of sp³-hybridized carbons (Fsp3) is 0.885. The average Bonchev–Trinajstić information content (AvgIpc) is 3.63. The number of rotatable bonds is 45. The lowest BCUT2D eigenvalue weighted by Gasteiger charge is -2.41. The second-order valence-corrected chi connectivity index (χ2v) is 22.2. The SMILES string of the molecule is CCCCCCCCC(=O)OCC(COC(=O)CCCCCCCC)CC(=O)OC[C@H]1CCC[C@@H](COC(=O)CC(COC(=O)CCCCCCCC)COC(=O)CCCCCCCC)N1C(=O)OC1CCCN(C)CC1. The van der Waals surface area contributed by atoms with Gasteiger partial charge >= 0.3 is 41.9 Å². The van der Waals surface area contributed by atoms with Crippen LogP contribution in [0, 0.1) is 11.8 Å². The molecule has 0 bridgehead atoms. The third kappa shape index (κ3) is 36.0. The van der Waals surface area contributed by atoms with Crippen LogP contribution in [0.15, 0.2) is 0 Å². The minimum atomic E-state index is -0.631. The Morgan fingerprint density at radius 3 is 1.08 bits per heavy atom. The van der Waals surface area contributed by atoms with Gasteiger partial charge in [-0.3, -0.25) is 33.7 Å². The lowest BCUT2D eigenvalue weighted by atomic mass is 9.96. The summed E-state index contributed by atoms with van der Waals surface area (Å²) < 4.78 is 40.5. The first-order valence-corrected chi connectivity index (χ1v) is 31.0. The maximum atomic E-state index is 14.3. The predicted octanol–water partition coefficient (Wildman–Crippen LogP) is 13.1. The highest BCUT2D eigenvalue weighted by atomic mass is 16.6. The summed E-state index contributed by atoms with van der Waals surface area (Å²) in [7, 11) is 2.04. The molecule has 446 valence electrons. The normalized spacial score (nSPS) is 16.9. The first kappa shape index (κ1) is 69.2. The molecule has 3 atom stereocenters. The van der Waals surface area contributed by atoms with E-state index < -0.39 is 42.0 Å². The van der Waals surface area contributed by atoms with Gasteiger partial charge in [0.15, 0.2) is 0 Å². The van der Waals surface area contributed by atoms with Crippen LogP contribution in [0.4, 0.5) is 4.79 Å². The number of ether oxygens (including phenoxy) is 7. The van der Waals surface area contributed by atoms with Crippen molar-refractivity contribution in [2.75, 3.05) is 59.8 Å². The molecule has 0 N–H and O–H groups in total. The highest BCUT2D eigenvalue weighted by molar-refractivity contribution is 5.73. The number of carbonyl (C=O) groups excluding carboxylic acids is 7. The molecule has 2 aliphatic rings. The molecule has 0 aliphatic carbocycles. The van der Waals surface area contributed by atoms with Crippen LogP contribution in [-0.4, -0.2) is 130 Å². The molecule has 0 aromatic heterocycles. The van der Waals surface area contributed by atoms with Crippen LogP contribution in [-0.2, 0) is 61.9 Å². The minimum absolute atomic E-state index is 0.107. The van der Waals surface area contributed by atoms with Crippen LogP contribution in [0.2, 0.25) is 0 Å². The number of piperidine rings is 1. The fourth-order valence-electron chi connectivity index (χ4n) is 9.95. The van der Waals surface area contributed by atoms with E-state index in [1.54, 1.807) is 4.90 Å². The fourth-order valence-corrected chi connectivity index (χ4v) is 9.95. The Kier molecular flexibility index (Phi) is 41.2. The van der Waals surface area contributed by atoms with Crippen molar-refractivity contribution in [3.8, 4) is 0 Å². The van der Waals surface area contributed by atoms with E-state index in [0.717, 1.165) is 122 Å². The van der Waals surface area contributed by atoms with Crippen LogP contribution < -0.4 is 0 Å². The minimum Gasteiger partial charge on any atom is -0.465 e. The Morgan fingerprint density at radius 2 is 0.727 bits per heavy atom. The average molecular weight is 1090 g/mol. The lowest BCUT2D eigenvalue weighted by molar-refractivity contribution is -0.157. The summed E-state index contributed by atoms with van der Waals surface area (Å²) in [6.45, 7) is 9.58. The molecular formula is C61H108N2O14. The number of nitrogens with zero attached hydrogens (tertiary/aromatic N) is 2. The van der Waals surface area contributed by atoms with Crippen molar-refractivity contribution in [2.24, 2.45) is 11.8 Å². The second-order valence-electron chi connectivity index (χ2n) is 22.2. The van der Waals surface area contributed by atoms with Gasteiger partial charge in [-0.2, -0.15) is 0 Å². The molecule has 0 aromatic carbocycles. The summed E-state index contributed by atoms with van der Waals surface area (Å²) in [5, 5.41) is 0. The Morgan fingerprint density at radius 1 is 0.390 bits per heavy atom. The zero-order valence-electron chi connectivity index (χ0n) is 49.1. The van der Waals surface area contributed by atoms with E-state index >= 15 is 0 Å². The maximum absolute atomic E-state index is 14.3. The molecule has 0 spiro atoms. The molecule has 1 unspecified atom stereocenters. The Hall–Kier alpha value is -3.95. The standard InChI is InChI=1S/C61H108N2O14/c1-6-10-14-18-22-26-35-55(64)71-44-50(45-72-56(65)36-27-23-19-15-11-7-2)42-59(68)75-48-52-32-30-33-53(63(52)61(70)77-54-34-31-40-62(5)41-39-54)49-76-60(69)43-51(46-73-57(66)37-28-24-20-16-12-8-3)47-74-58(67)38-29-25-21-17-13-9-4/h50-54H,6-49H2,1-5H3/t52-,53+,54?. The van der Waals surface area contributed by atoms with E-state index in [1.165, 1.54) is 25.7 Å². The van der Waals surface area contributed by atoms with Gasteiger partial charge in [-0.05, 0) is 77.8 Å². The molecule has 16 nitrogen and oxygen atoms in total. The number of likely N-dealkylation sites (tertiary alicyclic amines) is 2. The number of hydrogen-bond acceptors (Lipinski definition) is 15. The zero-order chi connectivity index (χ0) is 56.1. The zero-order valence-corrected chi connectivity index (χ0v) is 49.1. The quantitative estimate of drug-likeness (QED) is 0.0318. The van der Waals surface area contributed by atoms with Gasteiger partial charge < -0.3 is 38.1 Å². The molecule has 2 fully saturated rings. The highest BCUT2D eigenvalue weighted by Crippen LogP contribution is 2.27. The Balaban J connectivity index is 2.16. The molecular weight excluding hydrogens is 985 g/mol. The Labute approximate surface area is 465 Å². The van der Waals surface area contributed by atoms with Gasteiger partial charge in [0.25, 0.3) is 0 Å². The molecule has 1 amide bonds. The molecule has 2 rings (SSSR count). The van der Waals surface area contributed by atoms with Crippen molar-refractivity contribution in [3.63, 3.8) is 0 Å². The molecule has 0 saturated carbocycles. The first-order chi connectivity index (χ1) is 37.4. The third-order valence-electron chi connectivity index (χ3n) is 14.9. The van der Waals surface area contributed by atoms with E-state index in [2.05, 4.69) is 32.6 Å². The van der Waals surface area contributed by atoms with Gasteiger partial charge in [0.1, 0.15) is 19.3 Å². The van der Waals surface area contributed by atoms with E-state index in [4.69, 9.17) is 33.2 Å². The van der Waals surface area contributed by atoms with Gasteiger partial charge in [0.05, 0.1) is 51.4 Å². The predicted molar refractivity (Wildman–Crippen MR) is 299 cm³/mol. The van der Waals surface area contributed by atoms with Crippen molar-refractivity contribution in [2.45, 2.75) is 277 Å². The third-order valence-corrected chi connectivity index (χ3v) is 14.9. The monoisotopic (exact) mass is 1090 g/mol. The van der Waals surface area contributed by atoms with Crippen molar-refractivity contribution >= 4 is 41.9 Å². The van der Waals surface area contributed by atoms with Crippen LogP contribution in [0.5, 0.6) is 0 Å². The van der Waals surface area contributed by atoms with E-state index in [-0.39, 0.29) is 108 Å². The molecule has 2 heterocycles. The summed E-state index contributed by atoms with van der Waals surface area (Å²) in [5.41, 5.74) is 0. The summed E-state index contributed by atoms with van der Waals surface area (Å²) in [6, 6.07) is -1.18. The lowest BCUT2D eigenvalue weighted by Crippen LogP contribution is -2.54. The smallest absolute Gasteiger partial charge is 0.410 e. The highest BCUT2D eigenvalue weighted by Gasteiger charge is 2.38. The topological polar surface area (TPSA) is 191 Å². The summed E-state index contributed by atoms with van der Waals surface area (Å²) in [4.78, 5) is 96.5. The van der Waals surface area contributed by atoms with Gasteiger partial charge in [0.2, 0.25) is 0 Å². The van der Waals surface area contributed by atoms with Crippen LogP contribution in [0.3, 0.4) is 0 Å². The van der Waals surface area contributed by atoms with E-state index in [0.29, 0.717) is 57.8 Å². The Bertz CT molecular complexity index is 1440. The van der Waals surface area contributed by atoms with Crippen molar-refractivity contribution < 1.29 is 66.7 Å². The molecule has 0 radical (unpaired) electrons. The number of unbranched alkanes of at least 4 members (excludes halogenated alkanes) is 20. The van der Waals surface area contributed by atoms with Crippen LogP contribution >= 0.6 is 0 Å². The number of carbonyl (C=O) groups is 7. The van der Waals surface area contributed by atoms with E-state index in [9.17, 15) is 33.6 Å².